The number of rotatable bonds is 1. The zero-order valence-electron chi connectivity index (χ0n) is 8.94. The number of anilines is 1. The lowest BCUT2D eigenvalue weighted by Gasteiger charge is -2.00. The molecule has 0 saturated carbocycles. The van der Waals surface area contributed by atoms with E-state index >= 15 is 0 Å². The zero-order chi connectivity index (χ0) is 12.0. The van der Waals surface area contributed by atoms with E-state index in [4.69, 9.17) is 15.9 Å². The molecule has 1 amide bonds. The van der Waals surface area contributed by atoms with Crippen LogP contribution in [0.2, 0.25) is 0 Å². The number of carbonyl (C=O) groups excluding carboxylic acids is 1. The van der Waals surface area contributed by atoms with Gasteiger partial charge in [0.05, 0.1) is 5.56 Å². The number of nitrogens with two attached hydrogens (primary N) is 2. The summed E-state index contributed by atoms with van der Waals surface area (Å²) in [4.78, 5) is 11.2. The highest BCUT2D eigenvalue weighted by Gasteiger charge is 2.12. The van der Waals surface area contributed by atoms with Crippen molar-refractivity contribution < 1.29 is 9.21 Å². The van der Waals surface area contributed by atoms with Gasteiger partial charge in [-0.3, -0.25) is 4.79 Å². The summed E-state index contributed by atoms with van der Waals surface area (Å²) in [6.45, 7) is 0. The van der Waals surface area contributed by atoms with Crippen LogP contribution in [0.4, 0.5) is 5.69 Å². The maximum absolute atomic E-state index is 11.2. The minimum Gasteiger partial charge on any atom is -0.456 e. The number of hydrogen-bond donors (Lipinski definition) is 2. The van der Waals surface area contributed by atoms with Crippen molar-refractivity contribution in [3.8, 4) is 0 Å². The Bertz CT molecular complexity index is 744. The van der Waals surface area contributed by atoms with Gasteiger partial charge in [0, 0.05) is 22.5 Å². The van der Waals surface area contributed by atoms with Gasteiger partial charge in [-0.2, -0.15) is 0 Å². The van der Waals surface area contributed by atoms with E-state index in [9.17, 15) is 4.79 Å². The summed E-state index contributed by atoms with van der Waals surface area (Å²) in [5.41, 5.74) is 13.1. The van der Waals surface area contributed by atoms with Gasteiger partial charge in [0.15, 0.2) is 0 Å². The lowest BCUT2D eigenvalue weighted by Crippen LogP contribution is -2.13. The molecule has 4 N–H and O–H groups in total. The third-order valence-electron chi connectivity index (χ3n) is 2.81. The summed E-state index contributed by atoms with van der Waals surface area (Å²) >= 11 is 0. The average Bonchev–Trinajstić information content (AvgIpc) is 2.64. The number of amides is 1. The summed E-state index contributed by atoms with van der Waals surface area (Å²) in [7, 11) is 0. The van der Waals surface area contributed by atoms with Gasteiger partial charge >= 0.3 is 0 Å². The Labute approximate surface area is 96.8 Å². The minimum atomic E-state index is -0.533. The summed E-state index contributed by atoms with van der Waals surface area (Å²) in [6, 6.07) is 10.9. The molecule has 0 spiro atoms. The molecule has 0 aliphatic rings. The van der Waals surface area contributed by atoms with E-state index in [1.807, 2.05) is 24.3 Å². The van der Waals surface area contributed by atoms with Gasteiger partial charge in [0.2, 0.25) is 0 Å². The average molecular weight is 226 g/mol. The molecule has 0 aliphatic heterocycles. The van der Waals surface area contributed by atoms with E-state index in [2.05, 4.69) is 0 Å². The fraction of sp³-hybridized carbons (Fsp3) is 0. The molecule has 0 unspecified atom stereocenters. The molecule has 1 aromatic heterocycles. The Morgan fingerprint density at radius 1 is 1.06 bits per heavy atom. The Morgan fingerprint density at radius 3 is 2.59 bits per heavy atom. The number of furan rings is 1. The van der Waals surface area contributed by atoms with Gasteiger partial charge in [0.25, 0.3) is 5.91 Å². The molecular weight excluding hydrogens is 216 g/mol. The number of fused-ring (bicyclic) bond motifs is 3. The third-order valence-corrected chi connectivity index (χ3v) is 2.81. The van der Waals surface area contributed by atoms with E-state index < -0.39 is 5.91 Å². The lowest BCUT2D eigenvalue weighted by atomic mass is 10.1. The first-order valence-corrected chi connectivity index (χ1v) is 5.17. The maximum atomic E-state index is 11.2. The van der Waals surface area contributed by atoms with Gasteiger partial charge < -0.3 is 15.9 Å². The molecule has 4 heteroatoms. The van der Waals surface area contributed by atoms with Crippen molar-refractivity contribution in [2.24, 2.45) is 5.73 Å². The van der Waals surface area contributed by atoms with Crippen LogP contribution in [0.25, 0.3) is 21.9 Å². The highest BCUT2D eigenvalue weighted by molar-refractivity contribution is 6.10. The first-order chi connectivity index (χ1) is 8.16. The first kappa shape index (κ1) is 9.72. The fourth-order valence-electron chi connectivity index (χ4n) is 2.00. The summed E-state index contributed by atoms with van der Waals surface area (Å²) < 4.78 is 5.64. The van der Waals surface area contributed by atoms with Crippen LogP contribution in [0, 0.1) is 0 Å². The molecular formula is C13H10N2O2. The van der Waals surface area contributed by atoms with Crippen molar-refractivity contribution in [2.45, 2.75) is 0 Å². The lowest BCUT2D eigenvalue weighted by molar-refractivity contribution is 0.100. The highest BCUT2D eigenvalue weighted by Crippen LogP contribution is 2.31. The molecule has 3 rings (SSSR count). The van der Waals surface area contributed by atoms with Crippen LogP contribution < -0.4 is 11.5 Å². The third kappa shape index (κ3) is 1.34. The van der Waals surface area contributed by atoms with Crippen molar-refractivity contribution in [3.05, 3.63) is 42.0 Å². The predicted molar refractivity (Wildman–Crippen MR) is 66.7 cm³/mol. The number of primary amides is 1. The van der Waals surface area contributed by atoms with E-state index in [0.717, 1.165) is 16.4 Å². The number of benzene rings is 2. The van der Waals surface area contributed by atoms with Crippen LogP contribution in [0.3, 0.4) is 0 Å². The van der Waals surface area contributed by atoms with Gasteiger partial charge in [-0.1, -0.05) is 18.2 Å². The molecule has 3 aromatic rings. The van der Waals surface area contributed by atoms with Crippen molar-refractivity contribution in [3.63, 3.8) is 0 Å². The zero-order valence-corrected chi connectivity index (χ0v) is 8.94. The summed E-state index contributed by atoms with van der Waals surface area (Å²) in [5.74, 6) is -0.533. The minimum absolute atomic E-state index is 0.323. The van der Waals surface area contributed by atoms with Crippen LogP contribution in [0.15, 0.2) is 40.8 Å². The maximum Gasteiger partial charge on any atom is 0.250 e. The van der Waals surface area contributed by atoms with Crippen LogP contribution >= 0.6 is 0 Å². The number of hydrogen-bond acceptors (Lipinski definition) is 3. The smallest absolute Gasteiger partial charge is 0.250 e. The topological polar surface area (TPSA) is 82.2 Å². The van der Waals surface area contributed by atoms with Crippen molar-refractivity contribution in [1.82, 2.24) is 0 Å². The molecule has 17 heavy (non-hydrogen) atoms. The van der Waals surface area contributed by atoms with Crippen LogP contribution in [-0.4, -0.2) is 5.91 Å². The van der Waals surface area contributed by atoms with E-state index in [-0.39, 0.29) is 0 Å². The number of carbonyl (C=O) groups is 1. The number of nitrogen functional groups attached to an aromatic ring is 1. The second-order valence-corrected chi connectivity index (χ2v) is 3.90. The van der Waals surface area contributed by atoms with Gasteiger partial charge in [0.1, 0.15) is 11.2 Å². The molecule has 0 atom stereocenters. The predicted octanol–water partition coefficient (Wildman–Crippen LogP) is 2.27. The van der Waals surface area contributed by atoms with Crippen molar-refractivity contribution in [2.75, 3.05) is 5.73 Å². The highest BCUT2D eigenvalue weighted by atomic mass is 16.3. The van der Waals surface area contributed by atoms with Gasteiger partial charge in [-0.05, 0) is 12.1 Å². The normalized spacial score (nSPS) is 11.1. The van der Waals surface area contributed by atoms with Crippen molar-refractivity contribution in [1.29, 1.82) is 0 Å². The van der Waals surface area contributed by atoms with Crippen molar-refractivity contribution >= 4 is 33.5 Å². The molecule has 0 bridgehead atoms. The molecule has 4 nitrogen and oxygen atoms in total. The molecule has 0 fully saturated rings. The molecule has 0 radical (unpaired) electrons. The van der Waals surface area contributed by atoms with Crippen LogP contribution in [-0.2, 0) is 0 Å². The van der Waals surface area contributed by atoms with E-state index in [1.165, 1.54) is 0 Å². The number of para-hydroxylation sites is 1. The fourth-order valence-corrected chi connectivity index (χ4v) is 2.00. The second-order valence-electron chi connectivity index (χ2n) is 3.90. The Balaban J connectivity index is 2.47. The van der Waals surface area contributed by atoms with Crippen LogP contribution in [0.5, 0.6) is 0 Å². The quantitative estimate of drug-likeness (QED) is 0.624. The molecule has 0 saturated heterocycles. The SMILES string of the molecule is NC(=O)c1cc2c(cc1N)oc1ccccc12. The molecule has 2 aromatic carbocycles. The van der Waals surface area contributed by atoms with Gasteiger partial charge in [-0.25, -0.2) is 0 Å². The Kier molecular flexibility index (Phi) is 1.86. The molecule has 1 heterocycles. The van der Waals surface area contributed by atoms with Gasteiger partial charge in [-0.15, -0.1) is 0 Å². The van der Waals surface area contributed by atoms with E-state index in [1.54, 1.807) is 12.1 Å². The second kappa shape index (κ2) is 3.25. The standard InChI is InChI=1S/C13H10N2O2/c14-10-6-12-8(5-9(10)13(15)16)7-3-1-2-4-11(7)17-12/h1-6H,14H2,(H2,15,16). The summed E-state index contributed by atoms with van der Waals surface area (Å²) in [5, 5.41) is 1.80. The first-order valence-electron chi connectivity index (χ1n) is 5.17. The molecule has 84 valence electrons. The van der Waals surface area contributed by atoms with E-state index in [0.29, 0.717) is 16.8 Å². The molecule has 0 aliphatic carbocycles. The Hall–Kier alpha value is -2.49. The Morgan fingerprint density at radius 2 is 1.82 bits per heavy atom. The monoisotopic (exact) mass is 226 g/mol. The summed E-state index contributed by atoms with van der Waals surface area (Å²) in [6.07, 6.45) is 0. The van der Waals surface area contributed by atoms with Crippen LogP contribution in [0.1, 0.15) is 10.4 Å². The largest absolute Gasteiger partial charge is 0.456 e.